The Bertz CT molecular complexity index is 1390. The highest BCUT2D eigenvalue weighted by molar-refractivity contribution is 5.91. The summed E-state index contributed by atoms with van der Waals surface area (Å²) in [6.07, 6.45) is 8.69. The Morgan fingerprint density at radius 1 is 0.881 bits per heavy atom. The van der Waals surface area contributed by atoms with Gasteiger partial charge in [-0.2, -0.15) is 0 Å². The molecule has 1 atom stereocenters. The predicted octanol–water partition coefficient (Wildman–Crippen LogP) is 7.02. The van der Waals surface area contributed by atoms with E-state index in [1.165, 1.54) is 11.1 Å². The predicted molar refractivity (Wildman–Crippen MR) is 166 cm³/mol. The molecule has 0 radical (unpaired) electrons. The number of pyridine rings is 1. The number of nitrogens with zero attached hydrogens (tertiary/aromatic N) is 2. The Morgan fingerprint density at radius 3 is 2.17 bits per heavy atom. The van der Waals surface area contributed by atoms with Crippen LogP contribution in [0.3, 0.4) is 0 Å². The number of carboxylic acid groups (broad SMARTS) is 1. The van der Waals surface area contributed by atoms with Crippen molar-refractivity contribution in [2.45, 2.75) is 44.6 Å². The van der Waals surface area contributed by atoms with Crippen LogP contribution in [0.4, 0.5) is 0 Å². The van der Waals surface area contributed by atoms with E-state index in [2.05, 4.69) is 53.5 Å². The molecule has 4 rings (SSSR count). The number of hydrogen-bond acceptors (Lipinski definition) is 4. The number of ether oxygens (including phenoxy) is 1. The van der Waals surface area contributed by atoms with Gasteiger partial charge in [0.05, 0.1) is 0 Å². The van der Waals surface area contributed by atoms with Gasteiger partial charge in [0.15, 0.2) is 6.10 Å². The summed E-state index contributed by atoms with van der Waals surface area (Å²) >= 11 is 0. The summed E-state index contributed by atoms with van der Waals surface area (Å²) in [6, 6.07) is 32.2. The van der Waals surface area contributed by atoms with E-state index in [0.29, 0.717) is 25.3 Å². The molecule has 0 aliphatic heterocycles. The Morgan fingerprint density at radius 2 is 1.55 bits per heavy atom. The number of carbonyl (C=O) groups is 2. The van der Waals surface area contributed by atoms with E-state index in [1.807, 2.05) is 53.4 Å². The van der Waals surface area contributed by atoms with Gasteiger partial charge in [-0.3, -0.25) is 9.78 Å². The van der Waals surface area contributed by atoms with E-state index in [0.717, 1.165) is 30.4 Å². The summed E-state index contributed by atoms with van der Waals surface area (Å²) in [5.41, 5.74) is 4.42. The smallest absolute Gasteiger partial charge is 0.344 e. The summed E-state index contributed by atoms with van der Waals surface area (Å²) in [7, 11) is 0. The molecule has 1 unspecified atom stereocenters. The monoisotopic (exact) mass is 562 g/mol. The van der Waals surface area contributed by atoms with Crippen molar-refractivity contribution in [2.24, 2.45) is 0 Å². The van der Waals surface area contributed by atoms with Crippen molar-refractivity contribution in [1.82, 2.24) is 9.88 Å². The largest absolute Gasteiger partial charge is 0.479 e. The lowest BCUT2D eigenvalue weighted by Gasteiger charge is -2.25. The van der Waals surface area contributed by atoms with Gasteiger partial charge in [-0.25, -0.2) is 4.79 Å². The maximum absolute atomic E-state index is 13.5. The van der Waals surface area contributed by atoms with Crippen LogP contribution >= 0.6 is 0 Å². The van der Waals surface area contributed by atoms with Crippen molar-refractivity contribution in [3.05, 3.63) is 138 Å². The van der Waals surface area contributed by atoms with E-state index >= 15 is 0 Å². The third kappa shape index (κ3) is 9.16. The molecule has 42 heavy (non-hydrogen) atoms. The van der Waals surface area contributed by atoms with Gasteiger partial charge in [0.1, 0.15) is 5.75 Å². The zero-order valence-corrected chi connectivity index (χ0v) is 24.0. The van der Waals surface area contributed by atoms with E-state index < -0.39 is 12.1 Å². The molecular formula is C36H38N2O4. The summed E-state index contributed by atoms with van der Waals surface area (Å²) < 4.78 is 5.68. The Kier molecular flexibility index (Phi) is 11.5. The molecule has 0 saturated heterocycles. The molecule has 6 nitrogen and oxygen atoms in total. The molecule has 6 heteroatoms. The fourth-order valence-corrected chi connectivity index (χ4v) is 4.98. The minimum atomic E-state index is -0.971. The topological polar surface area (TPSA) is 79.7 Å². The molecule has 216 valence electrons. The first-order valence-corrected chi connectivity index (χ1v) is 14.5. The normalized spacial score (nSPS) is 11.9. The number of rotatable bonds is 15. The van der Waals surface area contributed by atoms with E-state index in [1.54, 1.807) is 31.5 Å². The van der Waals surface area contributed by atoms with Crippen molar-refractivity contribution >= 4 is 18.0 Å². The lowest BCUT2D eigenvalue weighted by Crippen LogP contribution is -2.32. The lowest BCUT2D eigenvalue weighted by molar-refractivity contribution is -0.145. The van der Waals surface area contributed by atoms with Gasteiger partial charge in [0.2, 0.25) is 5.91 Å². The average Bonchev–Trinajstić information content (AvgIpc) is 3.03. The fourth-order valence-electron chi connectivity index (χ4n) is 4.98. The van der Waals surface area contributed by atoms with Gasteiger partial charge in [0.25, 0.3) is 0 Å². The molecule has 1 heterocycles. The van der Waals surface area contributed by atoms with Gasteiger partial charge < -0.3 is 14.7 Å². The van der Waals surface area contributed by atoms with Crippen LogP contribution in [-0.2, 0) is 16.0 Å². The molecule has 1 N–H and O–H groups in total. The van der Waals surface area contributed by atoms with Crippen LogP contribution in [0, 0.1) is 0 Å². The quantitative estimate of drug-likeness (QED) is 0.158. The van der Waals surface area contributed by atoms with Crippen molar-refractivity contribution in [3.8, 4) is 5.75 Å². The van der Waals surface area contributed by atoms with Crippen LogP contribution in [0.2, 0.25) is 0 Å². The molecule has 0 aliphatic carbocycles. The van der Waals surface area contributed by atoms with Crippen LogP contribution in [0.1, 0.15) is 54.4 Å². The highest BCUT2D eigenvalue weighted by Gasteiger charge is 2.19. The molecule has 0 bridgehead atoms. The number of hydrogen-bond donors (Lipinski definition) is 1. The van der Waals surface area contributed by atoms with E-state index in [4.69, 9.17) is 4.74 Å². The zero-order valence-electron chi connectivity index (χ0n) is 24.0. The third-order valence-electron chi connectivity index (χ3n) is 7.24. The number of carboxylic acids is 1. The lowest BCUT2D eigenvalue weighted by atomic mass is 9.88. The Hall–Kier alpha value is -4.71. The van der Waals surface area contributed by atoms with Gasteiger partial charge in [-0.05, 0) is 78.3 Å². The first-order valence-electron chi connectivity index (χ1n) is 14.5. The highest BCUT2D eigenvalue weighted by Crippen LogP contribution is 2.28. The van der Waals surface area contributed by atoms with Gasteiger partial charge >= 0.3 is 5.97 Å². The Balaban J connectivity index is 1.47. The number of aromatic nitrogens is 1. The maximum atomic E-state index is 13.5. The molecule has 3 aromatic carbocycles. The van der Waals surface area contributed by atoms with Crippen LogP contribution in [0.25, 0.3) is 6.08 Å². The standard InChI is InChI=1S/C36H38N2O4/c1-2-34(36(40)41)42-32-17-9-11-29(27-32)12-10-25-38(35(39)19-18-28-20-23-37-24-21-28)26-22-33(30-13-5-3-6-14-30)31-15-7-4-8-16-31/h3-9,11,13-21,23-24,27,33-34H,2,10,12,22,25-26H2,1H3,(H,40,41). The van der Waals surface area contributed by atoms with Crippen LogP contribution < -0.4 is 4.74 Å². The fraction of sp³-hybridized carbons (Fsp3) is 0.250. The van der Waals surface area contributed by atoms with E-state index in [9.17, 15) is 14.7 Å². The van der Waals surface area contributed by atoms with Gasteiger partial charge in [-0.15, -0.1) is 0 Å². The molecule has 0 spiro atoms. The number of aryl methyl sites for hydroxylation is 1. The van der Waals surface area contributed by atoms with Crippen LogP contribution in [-0.4, -0.2) is 46.1 Å². The zero-order chi connectivity index (χ0) is 29.6. The average molecular weight is 563 g/mol. The summed E-state index contributed by atoms with van der Waals surface area (Å²) in [6.45, 7) is 2.99. The summed E-state index contributed by atoms with van der Waals surface area (Å²) in [4.78, 5) is 30.8. The number of amides is 1. The van der Waals surface area contributed by atoms with Crippen LogP contribution in [0.5, 0.6) is 5.75 Å². The number of aliphatic carboxylic acids is 1. The second kappa shape index (κ2) is 15.9. The van der Waals surface area contributed by atoms with Crippen molar-refractivity contribution in [2.75, 3.05) is 13.1 Å². The number of carbonyl (C=O) groups excluding carboxylic acids is 1. The third-order valence-corrected chi connectivity index (χ3v) is 7.24. The minimum absolute atomic E-state index is 0.0315. The summed E-state index contributed by atoms with van der Waals surface area (Å²) in [5.74, 6) is -0.290. The molecule has 1 aromatic heterocycles. The first kappa shape index (κ1) is 30.3. The van der Waals surface area contributed by atoms with Crippen molar-refractivity contribution < 1.29 is 19.4 Å². The van der Waals surface area contributed by atoms with Gasteiger partial charge in [0, 0.05) is 37.5 Å². The molecule has 0 fully saturated rings. The van der Waals surface area contributed by atoms with E-state index in [-0.39, 0.29) is 11.8 Å². The first-order chi connectivity index (χ1) is 20.5. The van der Waals surface area contributed by atoms with Crippen molar-refractivity contribution in [3.63, 3.8) is 0 Å². The Labute approximate surface area is 248 Å². The summed E-state index contributed by atoms with van der Waals surface area (Å²) in [5, 5.41) is 9.34. The molecular weight excluding hydrogens is 524 g/mol. The maximum Gasteiger partial charge on any atom is 0.344 e. The molecule has 0 aliphatic rings. The van der Waals surface area contributed by atoms with Crippen LogP contribution in [0.15, 0.2) is 116 Å². The minimum Gasteiger partial charge on any atom is -0.479 e. The van der Waals surface area contributed by atoms with Crippen molar-refractivity contribution in [1.29, 1.82) is 0 Å². The SMILES string of the molecule is CCC(Oc1cccc(CCCN(CCC(c2ccccc2)c2ccccc2)C(=O)C=Cc2ccncc2)c1)C(=O)O. The molecule has 4 aromatic rings. The van der Waals surface area contributed by atoms with Gasteiger partial charge in [-0.1, -0.05) is 79.7 Å². The highest BCUT2D eigenvalue weighted by atomic mass is 16.5. The number of benzene rings is 3. The molecule has 1 amide bonds. The molecule has 0 saturated carbocycles. The second-order valence-corrected chi connectivity index (χ2v) is 10.2. The second-order valence-electron chi connectivity index (χ2n) is 10.2.